The van der Waals surface area contributed by atoms with Crippen LogP contribution in [0.2, 0.25) is 0 Å². The first-order chi connectivity index (χ1) is 11.5. The number of amides is 1. The first kappa shape index (κ1) is 18.2. The molecule has 0 heterocycles. The van der Waals surface area contributed by atoms with Crippen LogP contribution in [-0.2, 0) is 21.3 Å². The van der Waals surface area contributed by atoms with Crippen LogP contribution in [0.5, 0.6) is 5.75 Å². The number of anilines is 1. The maximum absolute atomic E-state index is 12.7. The van der Waals surface area contributed by atoms with Gasteiger partial charge in [-0.25, -0.2) is 0 Å². The lowest BCUT2D eigenvalue weighted by molar-refractivity contribution is -0.117. The molecular formula is C19H23NO3S. The summed E-state index contributed by atoms with van der Waals surface area (Å²) in [5.41, 5.74) is 2.56. The van der Waals surface area contributed by atoms with Gasteiger partial charge in [-0.05, 0) is 35.7 Å². The van der Waals surface area contributed by atoms with Crippen LogP contribution in [0, 0.1) is 0 Å². The van der Waals surface area contributed by atoms with Crippen LogP contribution >= 0.6 is 0 Å². The molecule has 24 heavy (non-hydrogen) atoms. The Hall–Kier alpha value is -2.14. The van der Waals surface area contributed by atoms with E-state index in [1.165, 1.54) is 0 Å². The van der Waals surface area contributed by atoms with Crippen LogP contribution in [0.3, 0.4) is 0 Å². The summed E-state index contributed by atoms with van der Waals surface area (Å²) < 4.78 is 16.7. The molecule has 4 nitrogen and oxygen atoms in total. The Labute approximate surface area is 145 Å². The van der Waals surface area contributed by atoms with E-state index in [1.807, 2.05) is 55.5 Å². The molecule has 0 bridgehead atoms. The zero-order chi connectivity index (χ0) is 17.5. The Morgan fingerprint density at radius 3 is 2.42 bits per heavy atom. The molecule has 5 heteroatoms. The van der Waals surface area contributed by atoms with Gasteiger partial charge in [0.2, 0.25) is 5.91 Å². The largest absolute Gasteiger partial charge is 0.497 e. The molecular weight excluding hydrogens is 322 g/mol. The fraction of sp³-hybridized carbons (Fsp3) is 0.316. The molecule has 2 rings (SSSR count). The molecule has 1 N–H and O–H groups in total. The fourth-order valence-electron chi connectivity index (χ4n) is 2.62. The number of methoxy groups -OCH3 is 1. The number of hydrogen-bond donors (Lipinski definition) is 1. The molecule has 2 aromatic rings. The van der Waals surface area contributed by atoms with Gasteiger partial charge in [-0.1, -0.05) is 37.3 Å². The third kappa shape index (κ3) is 4.68. The van der Waals surface area contributed by atoms with Crippen molar-refractivity contribution in [2.75, 3.05) is 18.7 Å². The third-order valence-electron chi connectivity index (χ3n) is 3.88. The minimum atomic E-state index is -0.959. The van der Waals surface area contributed by atoms with Crippen molar-refractivity contribution < 1.29 is 13.7 Å². The Morgan fingerprint density at radius 1 is 1.17 bits per heavy atom. The second-order valence-corrected chi connectivity index (χ2v) is 7.03. The molecule has 128 valence electrons. The minimum Gasteiger partial charge on any atom is -0.497 e. The minimum absolute atomic E-state index is 0.0583. The lowest BCUT2D eigenvalue weighted by atomic mass is 9.95. The summed E-state index contributed by atoms with van der Waals surface area (Å²) in [5.74, 6) is 0.897. The van der Waals surface area contributed by atoms with Crippen molar-refractivity contribution in [2.24, 2.45) is 0 Å². The van der Waals surface area contributed by atoms with E-state index in [0.717, 1.165) is 22.6 Å². The molecule has 0 spiro atoms. The predicted octanol–water partition coefficient (Wildman–Crippen LogP) is 3.71. The van der Waals surface area contributed by atoms with E-state index in [1.54, 1.807) is 13.4 Å². The van der Waals surface area contributed by atoms with E-state index in [-0.39, 0.29) is 11.8 Å². The number of benzene rings is 2. The number of nitrogens with one attached hydrogen (secondary N) is 1. The summed E-state index contributed by atoms with van der Waals surface area (Å²) in [6, 6.07) is 15.1. The Morgan fingerprint density at radius 2 is 1.83 bits per heavy atom. The summed E-state index contributed by atoms with van der Waals surface area (Å²) in [7, 11) is 0.660. The first-order valence-corrected chi connectivity index (χ1v) is 9.60. The van der Waals surface area contributed by atoms with Crippen LogP contribution in [-0.4, -0.2) is 23.5 Å². The van der Waals surface area contributed by atoms with Gasteiger partial charge >= 0.3 is 0 Å². The monoisotopic (exact) mass is 345 g/mol. The van der Waals surface area contributed by atoms with Gasteiger partial charge < -0.3 is 10.1 Å². The molecule has 0 saturated heterocycles. The van der Waals surface area contributed by atoms with Crippen molar-refractivity contribution >= 4 is 22.4 Å². The van der Waals surface area contributed by atoms with Gasteiger partial charge in [0.15, 0.2) is 0 Å². The van der Waals surface area contributed by atoms with Crippen LogP contribution in [0.25, 0.3) is 0 Å². The van der Waals surface area contributed by atoms with Gasteiger partial charge in [0.05, 0.1) is 18.8 Å². The highest BCUT2D eigenvalue weighted by Crippen LogP contribution is 2.25. The van der Waals surface area contributed by atoms with Crippen LogP contribution in [0.1, 0.15) is 30.4 Å². The lowest BCUT2D eigenvalue weighted by Crippen LogP contribution is -2.21. The SMILES string of the molecule is CC[C@H](C(=O)Nc1ccccc1C[S@](C)=O)c1ccc(OC)cc1. The van der Waals surface area contributed by atoms with E-state index >= 15 is 0 Å². The number of carbonyl (C=O) groups excluding carboxylic acids is 1. The third-order valence-corrected chi connectivity index (χ3v) is 4.59. The average Bonchev–Trinajstić information content (AvgIpc) is 2.57. The molecule has 0 aromatic heterocycles. The molecule has 1 amide bonds. The maximum atomic E-state index is 12.7. The Balaban J connectivity index is 2.19. The van der Waals surface area contributed by atoms with Crippen molar-refractivity contribution in [3.05, 3.63) is 59.7 Å². The van der Waals surface area contributed by atoms with E-state index < -0.39 is 10.8 Å². The molecule has 0 aliphatic heterocycles. The molecule has 2 aromatic carbocycles. The second-order valence-electron chi connectivity index (χ2n) is 5.60. The van der Waals surface area contributed by atoms with E-state index in [0.29, 0.717) is 12.2 Å². The zero-order valence-corrected chi connectivity index (χ0v) is 15.1. The highest BCUT2D eigenvalue weighted by molar-refractivity contribution is 7.83. The number of rotatable bonds is 7. The molecule has 0 radical (unpaired) electrons. The van der Waals surface area contributed by atoms with Crippen LogP contribution in [0.15, 0.2) is 48.5 Å². The lowest BCUT2D eigenvalue weighted by Gasteiger charge is -2.17. The molecule has 0 aliphatic rings. The molecule has 2 atom stereocenters. The van der Waals surface area contributed by atoms with Gasteiger partial charge in [0, 0.05) is 22.7 Å². The highest BCUT2D eigenvalue weighted by Gasteiger charge is 2.19. The first-order valence-electron chi connectivity index (χ1n) is 7.88. The van der Waals surface area contributed by atoms with E-state index in [2.05, 4.69) is 5.32 Å². The van der Waals surface area contributed by atoms with Gasteiger partial charge in [-0.2, -0.15) is 0 Å². The summed E-state index contributed by atoms with van der Waals surface area (Å²) >= 11 is 0. The smallest absolute Gasteiger partial charge is 0.231 e. The summed E-state index contributed by atoms with van der Waals surface area (Å²) in [6.07, 6.45) is 2.35. The quantitative estimate of drug-likeness (QED) is 0.832. The molecule has 0 aliphatic carbocycles. The highest BCUT2D eigenvalue weighted by atomic mass is 32.2. The maximum Gasteiger partial charge on any atom is 0.231 e. The van der Waals surface area contributed by atoms with Crippen molar-refractivity contribution in [1.29, 1.82) is 0 Å². The second kappa shape index (κ2) is 8.64. The number of ether oxygens (including phenoxy) is 1. The summed E-state index contributed by atoms with van der Waals surface area (Å²) in [6.45, 7) is 1.99. The van der Waals surface area contributed by atoms with Crippen LogP contribution in [0.4, 0.5) is 5.69 Å². The molecule has 0 saturated carbocycles. The summed E-state index contributed by atoms with van der Waals surface area (Å²) in [5, 5.41) is 2.99. The number of carbonyl (C=O) groups is 1. The van der Waals surface area contributed by atoms with Crippen molar-refractivity contribution in [3.8, 4) is 5.75 Å². The topological polar surface area (TPSA) is 55.4 Å². The van der Waals surface area contributed by atoms with E-state index in [4.69, 9.17) is 4.74 Å². The normalized spacial score (nSPS) is 13.1. The number of para-hydroxylation sites is 1. The average molecular weight is 345 g/mol. The standard InChI is InChI=1S/C19H23NO3S/c1-4-17(14-9-11-16(23-2)12-10-14)19(21)20-18-8-6-5-7-15(18)13-24(3)22/h5-12,17H,4,13H2,1-3H3,(H,20,21)/t17-,24-/m0/s1. The van der Waals surface area contributed by atoms with E-state index in [9.17, 15) is 9.00 Å². The van der Waals surface area contributed by atoms with Gasteiger partial charge in [-0.15, -0.1) is 0 Å². The predicted molar refractivity (Wildman–Crippen MR) is 98.9 cm³/mol. The summed E-state index contributed by atoms with van der Waals surface area (Å²) in [4.78, 5) is 12.7. The molecule has 0 fully saturated rings. The van der Waals surface area contributed by atoms with Crippen molar-refractivity contribution in [2.45, 2.75) is 25.0 Å². The number of hydrogen-bond acceptors (Lipinski definition) is 3. The van der Waals surface area contributed by atoms with Gasteiger partial charge in [0.25, 0.3) is 0 Å². The Bertz CT molecular complexity index is 713. The van der Waals surface area contributed by atoms with Gasteiger partial charge in [-0.3, -0.25) is 9.00 Å². The zero-order valence-electron chi connectivity index (χ0n) is 14.2. The Kier molecular flexibility index (Phi) is 6.55. The van der Waals surface area contributed by atoms with Crippen LogP contribution < -0.4 is 10.1 Å². The molecule has 0 unspecified atom stereocenters. The van der Waals surface area contributed by atoms with Crippen molar-refractivity contribution in [3.63, 3.8) is 0 Å². The van der Waals surface area contributed by atoms with Crippen molar-refractivity contribution in [1.82, 2.24) is 0 Å². The van der Waals surface area contributed by atoms with Gasteiger partial charge in [0.1, 0.15) is 5.75 Å². The fourth-order valence-corrected chi connectivity index (χ4v) is 3.31.